The molecule has 3 aliphatic rings. The third-order valence-corrected chi connectivity index (χ3v) is 9.81. The lowest BCUT2D eigenvalue weighted by molar-refractivity contribution is -0.144. The first-order chi connectivity index (χ1) is 18.9. The van der Waals surface area contributed by atoms with Gasteiger partial charge in [0, 0.05) is 11.3 Å². The highest BCUT2D eigenvalue weighted by Crippen LogP contribution is 2.82. The predicted octanol–water partition coefficient (Wildman–Crippen LogP) is 7.02. The maximum absolute atomic E-state index is 15.1. The SMILES string of the molecule is COc1cccc([C@@]2(c3ccccc3)[C@H]3C(=O)C4C(c5ccccc5)=C(c5ccccc5)[C@]4(C)C(=O)[C@]32C)c1. The maximum atomic E-state index is 15.1. The number of fused-ring (bicyclic) bond motifs is 2. The number of Topliss-reactive ketones (excluding diaryl/α,β-unsaturated/α-hetero) is 2. The van der Waals surface area contributed by atoms with Crippen molar-refractivity contribution < 1.29 is 14.3 Å². The van der Waals surface area contributed by atoms with Crippen molar-refractivity contribution in [3.63, 3.8) is 0 Å². The van der Waals surface area contributed by atoms with E-state index in [0.717, 1.165) is 39.1 Å². The molecule has 39 heavy (non-hydrogen) atoms. The molecule has 3 heteroatoms. The number of rotatable bonds is 5. The van der Waals surface area contributed by atoms with E-state index in [1.165, 1.54) is 0 Å². The summed E-state index contributed by atoms with van der Waals surface area (Å²) in [7, 11) is 1.65. The molecule has 1 unspecified atom stereocenters. The standard InChI is InChI=1S/C36H30O3/c1-34-29(24-16-9-5-10-17-24)28(23-14-7-4-8-15-23)30(34)31(37)32-35(2,33(34)38)36(32,25-18-11-6-12-19-25)26-20-13-21-27(22-26)39-3/h4-22,30,32H,1-3H3/t30?,32-,34-,35-,36-/m0/s1. The van der Waals surface area contributed by atoms with Gasteiger partial charge < -0.3 is 4.74 Å². The molecule has 2 saturated carbocycles. The monoisotopic (exact) mass is 510 g/mol. The average molecular weight is 511 g/mol. The number of methoxy groups -OCH3 is 1. The highest BCUT2D eigenvalue weighted by molar-refractivity contribution is 6.28. The van der Waals surface area contributed by atoms with Crippen LogP contribution in [0.2, 0.25) is 0 Å². The fraction of sp³-hybridized carbons (Fsp3) is 0.222. The third-order valence-electron chi connectivity index (χ3n) is 9.81. The molecule has 4 aromatic rings. The minimum absolute atomic E-state index is 0.148. The van der Waals surface area contributed by atoms with Crippen LogP contribution >= 0.6 is 0 Å². The van der Waals surface area contributed by atoms with Crippen molar-refractivity contribution in [3.05, 3.63) is 138 Å². The van der Waals surface area contributed by atoms with Gasteiger partial charge in [0.05, 0.1) is 23.9 Å². The van der Waals surface area contributed by atoms with E-state index in [2.05, 4.69) is 36.4 Å². The number of ether oxygens (including phenoxy) is 1. The molecule has 5 atom stereocenters. The molecule has 3 aliphatic carbocycles. The van der Waals surface area contributed by atoms with Gasteiger partial charge in [0.1, 0.15) is 11.5 Å². The lowest BCUT2D eigenvalue weighted by Gasteiger charge is -2.53. The summed E-state index contributed by atoms with van der Waals surface area (Å²) in [4.78, 5) is 29.9. The van der Waals surface area contributed by atoms with Gasteiger partial charge >= 0.3 is 0 Å². The number of benzene rings is 4. The summed E-state index contributed by atoms with van der Waals surface area (Å²) in [5.41, 5.74) is 3.38. The molecular weight excluding hydrogens is 480 g/mol. The summed E-state index contributed by atoms with van der Waals surface area (Å²) in [6.07, 6.45) is 0. The van der Waals surface area contributed by atoms with Gasteiger partial charge in [-0.05, 0) is 52.5 Å². The van der Waals surface area contributed by atoms with Crippen molar-refractivity contribution in [2.24, 2.45) is 22.7 Å². The Morgan fingerprint density at radius 1 is 0.667 bits per heavy atom. The smallest absolute Gasteiger partial charge is 0.152 e. The molecule has 0 spiro atoms. The minimum atomic E-state index is -0.912. The summed E-state index contributed by atoms with van der Waals surface area (Å²) in [6.45, 7) is 4.03. The summed E-state index contributed by atoms with van der Waals surface area (Å²) in [6, 6.07) is 38.3. The Bertz CT molecular complexity index is 1660. The molecule has 0 aromatic heterocycles. The van der Waals surface area contributed by atoms with Crippen molar-refractivity contribution in [1.82, 2.24) is 0 Å². The van der Waals surface area contributed by atoms with Crippen LogP contribution in [0.25, 0.3) is 11.1 Å². The van der Waals surface area contributed by atoms with Crippen LogP contribution in [0.4, 0.5) is 0 Å². The Balaban J connectivity index is 1.49. The lowest BCUT2D eigenvalue weighted by atomic mass is 9.46. The van der Waals surface area contributed by atoms with Crippen LogP contribution in [-0.4, -0.2) is 18.7 Å². The lowest BCUT2D eigenvalue weighted by Crippen LogP contribution is -2.56. The van der Waals surface area contributed by atoms with E-state index < -0.39 is 28.1 Å². The Hall–Kier alpha value is -4.24. The van der Waals surface area contributed by atoms with Crippen molar-refractivity contribution in [2.45, 2.75) is 19.3 Å². The number of ketones is 2. The molecule has 0 aliphatic heterocycles. The number of carbonyl (C=O) groups excluding carboxylic acids is 2. The van der Waals surface area contributed by atoms with Crippen LogP contribution in [0.5, 0.6) is 5.75 Å². The molecule has 0 bridgehead atoms. The minimum Gasteiger partial charge on any atom is -0.497 e. The van der Waals surface area contributed by atoms with Crippen molar-refractivity contribution >= 4 is 22.7 Å². The van der Waals surface area contributed by atoms with E-state index in [4.69, 9.17) is 4.74 Å². The molecule has 0 heterocycles. The fourth-order valence-corrected chi connectivity index (χ4v) is 8.24. The van der Waals surface area contributed by atoms with E-state index >= 15 is 4.79 Å². The first-order valence-electron chi connectivity index (χ1n) is 13.6. The summed E-state index contributed by atoms with van der Waals surface area (Å²) in [5.74, 6) is 0.0785. The summed E-state index contributed by atoms with van der Waals surface area (Å²) < 4.78 is 5.60. The molecule has 4 aromatic carbocycles. The number of hydrogen-bond acceptors (Lipinski definition) is 3. The van der Waals surface area contributed by atoms with E-state index in [1.807, 2.05) is 92.7 Å². The molecule has 0 amide bonds. The zero-order valence-corrected chi connectivity index (χ0v) is 22.3. The maximum Gasteiger partial charge on any atom is 0.152 e. The Labute approximate surface area is 229 Å². The molecule has 3 nitrogen and oxygen atoms in total. The number of carbonyl (C=O) groups is 2. The predicted molar refractivity (Wildman–Crippen MR) is 153 cm³/mol. The van der Waals surface area contributed by atoms with Gasteiger partial charge in [0.25, 0.3) is 0 Å². The second kappa shape index (κ2) is 8.13. The zero-order chi connectivity index (χ0) is 27.0. The second-order valence-electron chi connectivity index (χ2n) is 11.4. The number of hydrogen-bond donors (Lipinski definition) is 0. The third kappa shape index (κ3) is 2.78. The summed E-state index contributed by atoms with van der Waals surface area (Å²) in [5, 5.41) is 0. The van der Waals surface area contributed by atoms with Crippen LogP contribution in [-0.2, 0) is 15.0 Å². The number of allylic oxidation sites excluding steroid dienone is 2. The largest absolute Gasteiger partial charge is 0.497 e. The molecule has 7 rings (SSSR count). The van der Waals surface area contributed by atoms with Gasteiger partial charge in [-0.15, -0.1) is 0 Å². The van der Waals surface area contributed by atoms with Crippen LogP contribution in [0, 0.1) is 22.7 Å². The van der Waals surface area contributed by atoms with Crippen LogP contribution in [0.15, 0.2) is 115 Å². The van der Waals surface area contributed by atoms with Crippen LogP contribution in [0.1, 0.15) is 36.1 Å². The second-order valence-corrected chi connectivity index (χ2v) is 11.4. The van der Waals surface area contributed by atoms with Crippen molar-refractivity contribution in [3.8, 4) is 5.75 Å². The Morgan fingerprint density at radius 2 is 1.23 bits per heavy atom. The molecular formula is C36H30O3. The van der Waals surface area contributed by atoms with Crippen LogP contribution in [0.3, 0.4) is 0 Å². The molecule has 192 valence electrons. The van der Waals surface area contributed by atoms with Crippen LogP contribution < -0.4 is 4.74 Å². The average Bonchev–Trinajstić information content (AvgIpc) is 3.58. The molecule has 0 saturated heterocycles. The topological polar surface area (TPSA) is 43.4 Å². The quantitative estimate of drug-likeness (QED) is 0.290. The van der Waals surface area contributed by atoms with E-state index in [0.29, 0.717) is 0 Å². The van der Waals surface area contributed by atoms with Gasteiger partial charge in [-0.3, -0.25) is 9.59 Å². The highest BCUT2D eigenvalue weighted by Gasteiger charge is 2.88. The van der Waals surface area contributed by atoms with Gasteiger partial charge in [-0.2, -0.15) is 0 Å². The first-order valence-corrected chi connectivity index (χ1v) is 13.6. The zero-order valence-electron chi connectivity index (χ0n) is 22.3. The van der Waals surface area contributed by atoms with Gasteiger partial charge in [-0.25, -0.2) is 0 Å². The van der Waals surface area contributed by atoms with E-state index in [1.54, 1.807) is 7.11 Å². The normalized spacial score (nSPS) is 30.7. The first kappa shape index (κ1) is 23.8. The van der Waals surface area contributed by atoms with Crippen molar-refractivity contribution in [1.29, 1.82) is 0 Å². The van der Waals surface area contributed by atoms with E-state index in [-0.39, 0.29) is 11.6 Å². The van der Waals surface area contributed by atoms with E-state index in [9.17, 15) is 4.79 Å². The Morgan fingerprint density at radius 3 is 1.85 bits per heavy atom. The summed E-state index contributed by atoms with van der Waals surface area (Å²) >= 11 is 0. The highest BCUT2D eigenvalue weighted by atomic mass is 16.5. The van der Waals surface area contributed by atoms with Gasteiger partial charge in [0.15, 0.2) is 5.78 Å². The molecule has 0 N–H and O–H groups in total. The van der Waals surface area contributed by atoms with Gasteiger partial charge in [-0.1, -0.05) is 110 Å². The molecule has 0 radical (unpaired) electrons. The fourth-order valence-electron chi connectivity index (χ4n) is 8.24. The Kier molecular flexibility index (Phi) is 4.97. The molecule has 2 fully saturated rings. The van der Waals surface area contributed by atoms with Crippen molar-refractivity contribution in [2.75, 3.05) is 7.11 Å². The van der Waals surface area contributed by atoms with Gasteiger partial charge in [0.2, 0.25) is 0 Å².